The summed E-state index contributed by atoms with van der Waals surface area (Å²) < 4.78 is 12.9. The number of ether oxygens (including phenoxy) is 2. The van der Waals surface area contributed by atoms with Gasteiger partial charge in [0.1, 0.15) is 30.3 Å². The Labute approximate surface area is 177 Å². The Balaban J connectivity index is 1.53. The van der Waals surface area contributed by atoms with Gasteiger partial charge in [0.25, 0.3) is 0 Å². The highest BCUT2D eigenvalue weighted by Crippen LogP contribution is 2.19. The van der Waals surface area contributed by atoms with E-state index in [1.165, 1.54) is 6.33 Å². The van der Waals surface area contributed by atoms with E-state index in [1.807, 2.05) is 62.4 Å². The second-order valence-electron chi connectivity index (χ2n) is 6.69. The van der Waals surface area contributed by atoms with E-state index >= 15 is 0 Å². The van der Waals surface area contributed by atoms with Gasteiger partial charge in [0, 0.05) is 12.6 Å². The van der Waals surface area contributed by atoms with Crippen molar-refractivity contribution in [1.29, 1.82) is 0 Å². The summed E-state index contributed by atoms with van der Waals surface area (Å²) in [4.78, 5) is 8.63. The summed E-state index contributed by atoms with van der Waals surface area (Å²) in [5.74, 6) is 2.30. The summed E-state index contributed by atoms with van der Waals surface area (Å²) in [5, 5.41) is 10.7. The van der Waals surface area contributed by atoms with Gasteiger partial charge < -0.3 is 20.1 Å². The average molecular weight is 409 g/mol. The van der Waals surface area contributed by atoms with Crippen LogP contribution in [0.5, 0.6) is 11.5 Å². The standard InChI is InChI=1S/C22H28N6O2/c1-4-24-22(25-13-17(2)30-21-7-5-6-20(12-21)29-3)26-14-18-8-10-19(11-9-18)28-16-23-15-27-28/h5-12,15-17H,4,13-14H2,1-3H3,(H2,24,25,26). The first-order valence-corrected chi connectivity index (χ1v) is 9.94. The van der Waals surface area contributed by atoms with E-state index in [2.05, 4.69) is 25.7 Å². The van der Waals surface area contributed by atoms with Crippen molar-refractivity contribution in [1.82, 2.24) is 25.4 Å². The summed E-state index contributed by atoms with van der Waals surface area (Å²) in [5.41, 5.74) is 2.07. The Morgan fingerprint density at radius 1 is 1.13 bits per heavy atom. The summed E-state index contributed by atoms with van der Waals surface area (Å²) in [6.07, 6.45) is 3.16. The first-order valence-electron chi connectivity index (χ1n) is 9.94. The van der Waals surface area contributed by atoms with Crippen molar-refractivity contribution in [2.24, 2.45) is 4.99 Å². The number of hydrogen-bond donors (Lipinski definition) is 2. The topological polar surface area (TPSA) is 85.6 Å². The van der Waals surface area contributed by atoms with Crippen LogP contribution in [0.3, 0.4) is 0 Å². The Hall–Kier alpha value is -3.55. The minimum absolute atomic E-state index is 0.0390. The molecule has 8 nitrogen and oxygen atoms in total. The molecular weight excluding hydrogens is 380 g/mol. The van der Waals surface area contributed by atoms with E-state index in [-0.39, 0.29) is 6.10 Å². The third-order valence-electron chi connectivity index (χ3n) is 4.32. The van der Waals surface area contributed by atoms with Crippen LogP contribution in [-0.4, -0.2) is 47.0 Å². The zero-order valence-corrected chi connectivity index (χ0v) is 17.6. The molecule has 158 valence electrons. The van der Waals surface area contributed by atoms with Crippen LogP contribution >= 0.6 is 0 Å². The van der Waals surface area contributed by atoms with Crippen molar-refractivity contribution in [2.75, 3.05) is 20.2 Å². The van der Waals surface area contributed by atoms with Gasteiger partial charge in [0.2, 0.25) is 0 Å². The number of hydrogen-bond acceptors (Lipinski definition) is 5. The maximum Gasteiger partial charge on any atom is 0.191 e. The van der Waals surface area contributed by atoms with E-state index in [0.717, 1.165) is 35.3 Å². The zero-order valence-electron chi connectivity index (χ0n) is 17.6. The molecule has 0 saturated carbocycles. The van der Waals surface area contributed by atoms with Gasteiger partial charge in [-0.1, -0.05) is 18.2 Å². The van der Waals surface area contributed by atoms with Crippen molar-refractivity contribution < 1.29 is 9.47 Å². The maximum atomic E-state index is 5.96. The van der Waals surface area contributed by atoms with Gasteiger partial charge in [0.05, 0.1) is 25.9 Å². The lowest BCUT2D eigenvalue weighted by Crippen LogP contribution is -2.41. The predicted octanol–water partition coefficient (Wildman–Crippen LogP) is 2.80. The summed E-state index contributed by atoms with van der Waals surface area (Å²) in [7, 11) is 1.64. The van der Waals surface area contributed by atoms with Crippen LogP contribution in [-0.2, 0) is 6.54 Å². The molecule has 0 aliphatic heterocycles. The first kappa shape index (κ1) is 21.2. The highest BCUT2D eigenvalue weighted by Gasteiger charge is 2.07. The molecule has 0 bridgehead atoms. The summed E-state index contributed by atoms with van der Waals surface area (Å²) >= 11 is 0. The molecule has 2 N–H and O–H groups in total. The zero-order chi connectivity index (χ0) is 21.2. The molecule has 2 aromatic carbocycles. The van der Waals surface area contributed by atoms with Crippen LogP contribution in [0, 0.1) is 0 Å². The molecular formula is C22H28N6O2. The molecule has 0 amide bonds. The van der Waals surface area contributed by atoms with Crippen LogP contribution in [0.2, 0.25) is 0 Å². The molecule has 0 fully saturated rings. The fourth-order valence-electron chi connectivity index (χ4n) is 2.80. The van der Waals surface area contributed by atoms with Gasteiger partial charge in [-0.15, -0.1) is 0 Å². The Morgan fingerprint density at radius 3 is 2.63 bits per heavy atom. The Morgan fingerprint density at radius 2 is 1.93 bits per heavy atom. The van der Waals surface area contributed by atoms with Crippen molar-refractivity contribution in [3.63, 3.8) is 0 Å². The SMILES string of the molecule is CCNC(=NCc1ccc(-n2cncn2)cc1)NCC(C)Oc1cccc(OC)c1. The number of nitrogens with one attached hydrogen (secondary N) is 2. The number of guanidine groups is 1. The molecule has 8 heteroatoms. The van der Waals surface area contributed by atoms with Gasteiger partial charge in [-0.2, -0.15) is 5.10 Å². The molecule has 1 unspecified atom stereocenters. The van der Waals surface area contributed by atoms with Crippen LogP contribution in [0.25, 0.3) is 5.69 Å². The molecule has 3 rings (SSSR count). The number of methoxy groups -OCH3 is 1. The van der Waals surface area contributed by atoms with Crippen molar-refractivity contribution in [2.45, 2.75) is 26.5 Å². The number of aromatic nitrogens is 3. The van der Waals surface area contributed by atoms with E-state index in [1.54, 1.807) is 18.1 Å². The van der Waals surface area contributed by atoms with E-state index in [0.29, 0.717) is 13.1 Å². The quantitative estimate of drug-likeness (QED) is 0.418. The summed E-state index contributed by atoms with van der Waals surface area (Å²) in [6, 6.07) is 15.7. The lowest BCUT2D eigenvalue weighted by atomic mass is 10.2. The molecule has 30 heavy (non-hydrogen) atoms. The molecule has 3 aromatic rings. The van der Waals surface area contributed by atoms with Gasteiger partial charge in [-0.05, 0) is 43.7 Å². The third kappa shape index (κ3) is 6.23. The normalized spacial score (nSPS) is 12.3. The van der Waals surface area contributed by atoms with Crippen molar-refractivity contribution >= 4 is 5.96 Å². The molecule has 0 radical (unpaired) electrons. The average Bonchev–Trinajstić information content (AvgIpc) is 3.31. The highest BCUT2D eigenvalue weighted by molar-refractivity contribution is 5.79. The maximum absolute atomic E-state index is 5.96. The van der Waals surface area contributed by atoms with Crippen LogP contribution in [0.1, 0.15) is 19.4 Å². The fraction of sp³-hybridized carbons (Fsp3) is 0.318. The highest BCUT2D eigenvalue weighted by atomic mass is 16.5. The monoisotopic (exact) mass is 408 g/mol. The van der Waals surface area contributed by atoms with Crippen molar-refractivity contribution in [3.8, 4) is 17.2 Å². The fourth-order valence-corrected chi connectivity index (χ4v) is 2.80. The first-order chi connectivity index (χ1) is 14.7. The molecule has 1 heterocycles. The molecule has 0 saturated heterocycles. The Kier molecular flexibility index (Phi) is 7.65. The van der Waals surface area contributed by atoms with Crippen LogP contribution in [0.4, 0.5) is 0 Å². The largest absolute Gasteiger partial charge is 0.497 e. The second kappa shape index (κ2) is 10.8. The van der Waals surface area contributed by atoms with Gasteiger partial charge in [-0.3, -0.25) is 0 Å². The smallest absolute Gasteiger partial charge is 0.191 e. The lowest BCUT2D eigenvalue weighted by Gasteiger charge is -2.18. The predicted molar refractivity (Wildman–Crippen MR) is 117 cm³/mol. The Bertz CT molecular complexity index is 925. The lowest BCUT2D eigenvalue weighted by molar-refractivity contribution is 0.223. The van der Waals surface area contributed by atoms with Crippen molar-refractivity contribution in [3.05, 3.63) is 66.7 Å². The third-order valence-corrected chi connectivity index (χ3v) is 4.32. The van der Waals surface area contributed by atoms with E-state index in [9.17, 15) is 0 Å². The van der Waals surface area contributed by atoms with E-state index < -0.39 is 0 Å². The summed E-state index contributed by atoms with van der Waals surface area (Å²) in [6.45, 7) is 6.02. The number of nitrogens with zero attached hydrogens (tertiary/aromatic N) is 4. The number of rotatable bonds is 9. The number of aliphatic imine (C=N–C) groups is 1. The van der Waals surface area contributed by atoms with Gasteiger partial charge in [0.15, 0.2) is 5.96 Å². The minimum atomic E-state index is -0.0390. The van der Waals surface area contributed by atoms with Gasteiger partial charge in [-0.25, -0.2) is 14.7 Å². The second-order valence-corrected chi connectivity index (χ2v) is 6.69. The van der Waals surface area contributed by atoms with Gasteiger partial charge >= 0.3 is 0 Å². The number of benzene rings is 2. The molecule has 0 spiro atoms. The minimum Gasteiger partial charge on any atom is -0.497 e. The van der Waals surface area contributed by atoms with Crippen LogP contribution < -0.4 is 20.1 Å². The molecule has 0 aliphatic rings. The molecule has 1 aromatic heterocycles. The van der Waals surface area contributed by atoms with E-state index in [4.69, 9.17) is 9.47 Å². The molecule has 0 aliphatic carbocycles. The molecule has 1 atom stereocenters. The van der Waals surface area contributed by atoms with Crippen LogP contribution in [0.15, 0.2) is 66.2 Å².